The number of phenols is 1. The maximum absolute atomic E-state index is 12.5. The molecule has 1 saturated heterocycles. The monoisotopic (exact) mass is 288 g/mol. The standard InChI is InChI=1S/C16H20N2O3/c17-12-8-11(19)4-5-13(12)18-14(20)9-16(10-15(18)21)6-2-1-3-7-16/h4-5,8,19H,1-3,6-7,9-10,17H2. The van der Waals surface area contributed by atoms with Crippen LogP contribution >= 0.6 is 0 Å². The van der Waals surface area contributed by atoms with Crippen LogP contribution in [0.2, 0.25) is 0 Å². The van der Waals surface area contributed by atoms with Crippen LogP contribution in [-0.2, 0) is 9.59 Å². The van der Waals surface area contributed by atoms with Crippen molar-refractivity contribution >= 4 is 23.2 Å². The van der Waals surface area contributed by atoms with Crippen molar-refractivity contribution in [3.63, 3.8) is 0 Å². The van der Waals surface area contributed by atoms with Crippen LogP contribution in [0.3, 0.4) is 0 Å². The maximum Gasteiger partial charge on any atom is 0.234 e. The Balaban J connectivity index is 1.88. The van der Waals surface area contributed by atoms with Crippen LogP contribution in [-0.4, -0.2) is 16.9 Å². The van der Waals surface area contributed by atoms with E-state index in [1.165, 1.54) is 29.5 Å². The number of nitrogens with two attached hydrogens (primary N) is 1. The molecule has 1 aromatic rings. The Hall–Kier alpha value is -2.04. The lowest BCUT2D eigenvalue weighted by molar-refractivity contribution is -0.134. The minimum absolute atomic E-state index is 0.0249. The molecule has 112 valence electrons. The van der Waals surface area contributed by atoms with Gasteiger partial charge in [-0.2, -0.15) is 0 Å². The fraction of sp³-hybridized carbons (Fsp3) is 0.500. The molecule has 1 aliphatic carbocycles. The van der Waals surface area contributed by atoms with Crippen molar-refractivity contribution in [1.82, 2.24) is 0 Å². The van der Waals surface area contributed by atoms with Gasteiger partial charge in [-0.05, 0) is 30.4 Å². The third-order valence-corrected chi connectivity index (χ3v) is 4.72. The molecule has 0 unspecified atom stereocenters. The second-order valence-corrected chi connectivity index (χ2v) is 6.28. The highest BCUT2D eigenvalue weighted by molar-refractivity contribution is 6.18. The third-order valence-electron chi connectivity index (χ3n) is 4.72. The number of amides is 2. The summed E-state index contributed by atoms with van der Waals surface area (Å²) >= 11 is 0. The number of aromatic hydroxyl groups is 1. The van der Waals surface area contributed by atoms with Gasteiger partial charge in [0.25, 0.3) is 0 Å². The summed E-state index contributed by atoms with van der Waals surface area (Å²) in [5, 5.41) is 9.40. The second-order valence-electron chi connectivity index (χ2n) is 6.28. The van der Waals surface area contributed by atoms with Gasteiger partial charge < -0.3 is 10.8 Å². The number of anilines is 2. The number of carbonyl (C=O) groups is 2. The zero-order valence-electron chi connectivity index (χ0n) is 12.0. The molecule has 0 bridgehead atoms. The van der Waals surface area contributed by atoms with Gasteiger partial charge >= 0.3 is 0 Å². The largest absolute Gasteiger partial charge is 0.508 e. The molecule has 0 radical (unpaired) electrons. The smallest absolute Gasteiger partial charge is 0.234 e. The highest BCUT2D eigenvalue weighted by Gasteiger charge is 2.44. The van der Waals surface area contributed by atoms with Gasteiger partial charge in [0.05, 0.1) is 11.4 Å². The second kappa shape index (κ2) is 5.06. The SMILES string of the molecule is Nc1cc(O)ccc1N1C(=O)CC2(CCCCC2)CC1=O. The molecule has 2 aliphatic rings. The van der Waals surface area contributed by atoms with E-state index in [0.29, 0.717) is 18.5 Å². The first-order valence-electron chi connectivity index (χ1n) is 7.45. The molecule has 2 amide bonds. The number of carbonyl (C=O) groups excluding carboxylic acids is 2. The van der Waals surface area contributed by atoms with Crippen molar-refractivity contribution in [3.8, 4) is 5.75 Å². The average molecular weight is 288 g/mol. The summed E-state index contributed by atoms with van der Waals surface area (Å²) in [5.74, 6) is -0.326. The molecule has 1 aromatic carbocycles. The first-order chi connectivity index (χ1) is 10.0. The number of nitrogen functional groups attached to an aromatic ring is 1. The number of benzene rings is 1. The van der Waals surface area contributed by atoms with E-state index < -0.39 is 0 Å². The van der Waals surface area contributed by atoms with Gasteiger partial charge in [0.1, 0.15) is 5.75 Å². The van der Waals surface area contributed by atoms with Crippen molar-refractivity contribution in [2.45, 2.75) is 44.9 Å². The number of phenolic OH excluding ortho intramolecular Hbond substituents is 1. The van der Waals surface area contributed by atoms with Gasteiger partial charge in [-0.15, -0.1) is 0 Å². The Bertz CT molecular complexity index is 571. The summed E-state index contributed by atoms with van der Waals surface area (Å²) in [6.45, 7) is 0. The Morgan fingerprint density at radius 3 is 2.24 bits per heavy atom. The quantitative estimate of drug-likeness (QED) is 0.614. The van der Waals surface area contributed by atoms with E-state index in [9.17, 15) is 14.7 Å². The number of nitrogens with zero attached hydrogens (tertiary/aromatic N) is 1. The lowest BCUT2D eigenvalue weighted by atomic mass is 9.67. The summed E-state index contributed by atoms with van der Waals surface area (Å²) in [6.07, 6.45) is 6.15. The van der Waals surface area contributed by atoms with Gasteiger partial charge in [-0.3, -0.25) is 9.59 Å². The van der Waals surface area contributed by atoms with Gasteiger partial charge in [-0.25, -0.2) is 4.90 Å². The number of piperidine rings is 1. The molecule has 2 fully saturated rings. The molecular weight excluding hydrogens is 268 g/mol. The van der Waals surface area contributed by atoms with Gasteiger partial charge in [-0.1, -0.05) is 19.3 Å². The fourth-order valence-corrected chi connectivity index (χ4v) is 3.67. The van der Waals surface area contributed by atoms with E-state index in [2.05, 4.69) is 0 Å². The maximum atomic E-state index is 12.5. The molecule has 0 atom stereocenters. The van der Waals surface area contributed by atoms with Crippen LogP contribution in [0.4, 0.5) is 11.4 Å². The molecule has 3 rings (SSSR count). The number of hydrogen-bond donors (Lipinski definition) is 2. The summed E-state index contributed by atoms with van der Waals surface area (Å²) in [4.78, 5) is 26.2. The van der Waals surface area contributed by atoms with Gasteiger partial charge in [0.15, 0.2) is 0 Å². The van der Waals surface area contributed by atoms with E-state index in [1.807, 2.05) is 0 Å². The van der Waals surface area contributed by atoms with E-state index in [1.54, 1.807) is 0 Å². The minimum atomic E-state index is -0.175. The van der Waals surface area contributed by atoms with Crippen LogP contribution < -0.4 is 10.6 Å². The first-order valence-corrected chi connectivity index (χ1v) is 7.45. The van der Waals surface area contributed by atoms with E-state index in [4.69, 9.17) is 5.73 Å². The third kappa shape index (κ3) is 2.48. The molecule has 5 heteroatoms. The zero-order chi connectivity index (χ0) is 15.0. The predicted molar refractivity (Wildman–Crippen MR) is 79.8 cm³/mol. The predicted octanol–water partition coefficient (Wildman–Crippen LogP) is 2.58. The topological polar surface area (TPSA) is 83.6 Å². The fourth-order valence-electron chi connectivity index (χ4n) is 3.67. The summed E-state index contributed by atoms with van der Waals surface area (Å²) in [7, 11) is 0. The molecule has 1 heterocycles. The van der Waals surface area contributed by atoms with Gasteiger partial charge in [0, 0.05) is 18.9 Å². The van der Waals surface area contributed by atoms with Crippen molar-refractivity contribution in [2.24, 2.45) is 5.41 Å². The Kier molecular flexibility index (Phi) is 3.35. The van der Waals surface area contributed by atoms with Crippen LogP contribution in [0.1, 0.15) is 44.9 Å². The number of rotatable bonds is 1. The summed E-state index contributed by atoms with van der Waals surface area (Å²) in [5.41, 5.74) is 6.34. The van der Waals surface area contributed by atoms with Crippen LogP contribution in [0.5, 0.6) is 5.75 Å². The highest BCUT2D eigenvalue weighted by Crippen LogP contribution is 2.46. The normalized spacial score (nSPS) is 21.8. The highest BCUT2D eigenvalue weighted by atomic mass is 16.3. The van der Waals surface area contributed by atoms with Crippen LogP contribution in [0, 0.1) is 5.41 Å². The first kappa shape index (κ1) is 13.9. The lowest BCUT2D eigenvalue weighted by Gasteiger charge is -2.42. The van der Waals surface area contributed by atoms with Crippen molar-refractivity contribution in [2.75, 3.05) is 10.6 Å². The minimum Gasteiger partial charge on any atom is -0.508 e. The van der Waals surface area contributed by atoms with Crippen molar-refractivity contribution in [1.29, 1.82) is 0 Å². The molecule has 5 nitrogen and oxygen atoms in total. The Morgan fingerprint density at radius 2 is 1.67 bits per heavy atom. The Labute approximate surface area is 123 Å². The zero-order valence-corrected chi connectivity index (χ0v) is 12.0. The molecular formula is C16H20N2O3. The van der Waals surface area contributed by atoms with Crippen LogP contribution in [0.25, 0.3) is 0 Å². The molecule has 1 saturated carbocycles. The van der Waals surface area contributed by atoms with Crippen molar-refractivity contribution < 1.29 is 14.7 Å². The molecule has 1 spiro atoms. The number of imide groups is 1. The van der Waals surface area contributed by atoms with E-state index >= 15 is 0 Å². The van der Waals surface area contributed by atoms with Gasteiger partial charge in [0.2, 0.25) is 11.8 Å². The summed E-state index contributed by atoms with van der Waals surface area (Å²) < 4.78 is 0. The van der Waals surface area contributed by atoms with E-state index in [-0.39, 0.29) is 28.7 Å². The molecule has 3 N–H and O–H groups in total. The van der Waals surface area contributed by atoms with Crippen molar-refractivity contribution in [3.05, 3.63) is 18.2 Å². The number of hydrogen-bond acceptors (Lipinski definition) is 4. The van der Waals surface area contributed by atoms with Crippen LogP contribution in [0.15, 0.2) is 18.2 Å². The Morgan fingerprint density at radius 1 is 1.05 bits per heavy atom. The lowest BCUT2D eigenvalue weighted by Crippen LogP contribution is -2.49. The molecule has 0 aromatic heterocycles. The molecule has 1 aliphatic heterocycles. The average Bonchev–Trinajstić information content (AvgIpc) is 2.41. The summed E-state index contributed by atoms with van der Waals surface area (Å²) in [6, 6.07) is 4.33. The molecule has 21 heavy (non-hydrogen) atoms. The van der Waals surface area contributed by atoms with E-state index in [0.717, 1.165) is 25.7 Å².